The first-order valence-electron chi connectivity index (χ1n) is 11.2. The number of benzene rings is 3. The zero-order chi connectivity index (χ0) is 20.1. The Morgan fingerprint density at radius 3 is 1.59 bits per heavy atom. The van der Waals surface area contributed by atoms with E-state index < -0.39 is 0 Å². The standard InChI is InChI=1S/C28H33N/c1-3-13-23-20-22(2)21-27(23)29-28(24-14-7-4-8-15-24,25-16-9-5-10-17-25)26-18-11-6-12-19-26/h4-12,14-19,22-23,27,29H,3,13,20-21H2,1-2H3. The fraction of sp³-hybridized carbons (Fsp3) is 0.357. The van der Waals surface area contributed by atoms with Gasteiger partial charge in [0.1, 0.15) is 0 Å². The molecule has 0 amide bonds. The van der Waals surface area contributed by atoms with E-state index in [4.69, 9.17) is 0 Å². The summed E-state index contributed by atoms with van der Waals surface area (Å²) in [7, 11) is 0. The molecular formula is C28H33N. The lowest BCUT2D eigenvalue weighted by atomic mass is 9.76. The first-order valence-corrected chi connectivity index (χ1v) is 11.2. The van der Waals surface area contributed by atoms with E-state index in [-0.39, 0.29) is 5.54 Å². The quantitative estimate of drug-likeness (QED) is 0.443. The van der Waals surface area contributed by atoms with Gasteiger partial charge in [0.25, 0.3) is 0 Å². The smallest absolute Gasteiger partial charge is 0.0950 e. The van der Waals surface area contributed by atoms with Crippen molar-refractivity contribution in [3.8, 4) is 0 Å². The molecule has 150 valence electrons. The molecule has 3 aromatic rings. The molecule has 1 nitrogen and oxygen atoms in total. The molecule has 1 aliphatic carbocycles. The lowest BCUT2D eigenvalue weighted by Gasteiger charge is -2.41. The van der Waals surface area contributed by atoms with E-state index in [0.717, 1.165) is 11.8 Å². The van der Waals surface area contributed by atoms with Crippen molar-refractivity contribution in [1.29, 1.82) is 0 Å². The number of rotatable bonds is 7. The second kappa shape index (κ2) is 8.97. The molecule has 4 rings (SSSR count). The van der Waals surface area contributed by atoms with Crippen LogP contribution in [0.1, 0.15) is 56.2 Å². The minimum Gasteiger partial charge on any atom is -0.297 e. The van der Waals surface area contributed by atoms with Crippen LogP contribution in [0.5, 0.6) is 0 Å². The first kappa shape index (κ1) is 19.9. The van der Waals surface area contributed by atoms with Gasteiger partial charge >= 0.3 is 0 Å². The summed E-state index contributed by atoms with van der Waals surface area (Å²) in [5.41, 5.74) is 3.59. The largest absolute Gasteiger partial charge is 0.297 e. The van der Waals surface area contributed by atoms with Gasteiger partial charge in [-0.1, -0.05) is 111 Å². The van der Waals surface area contributed by atoms with Crippen molar-refractivity contribution in [2.75, 3.05) is 0 Å². The van der Waals surface area contributed by atoms with Gasteiger partial charge in [0.05, 0.1) is 5.54 Å². The SMILES string of the molecule is CCCC1CC(C)CC1NC(c1ccccc1)(c1ccccc1)c1ccccc1. The summed E-state index contributed by atoms with van der Waals surface area (Å²) in [5, 5.41) is 4.24. The van der Waals surface area contributed by atoms with Gasteiger partial charge in [-0.05, 0) is 47.8 Å². The maximum Gasteiger partial charge on any atom is 0.0950 e. The summed E-state index contributed by atoms with van der Waals surface area (Å²) in [6, 6.07) is 33.5. The van der Waals surface area contributed by atoms with Crippen LogP contribution < -0.4 is 5.32 Å². The molecule has 1 saturated carbocycles. The molecule has 0 saturated heterocycles. The van der Waals surface area contributed by atoms with Crippen LogP contribution >= 0.6 is 0 Å². The minimum atomic E-state index is -0.343. The monoisotopic (exact) mass is 383 g/mol. The van der Waals surface area contributed by atoms with Gasteiger partial charge in [-0.15, -0.1) is 0 Å². The molecule has 0 bridgehead atoms. The predicted octanol–water partition coefficient (Wildman–Crippen LogP) is 6.78. The van der Waals surface area contributed by atoms with Gasteiger partial charge in [0.2, 0.25) is 0 Å². The fourth-order valence-corrected chi connectivity index (χ4v) is 5.36. The van der Waals surface area contributed by atoms with Crippen molar-refractivity contribution in [2.45, 2.75) is 51.1 Å². The Labute approximate surface area is 176 Å². The Bertz CT molecular complexity index is 775. The molecule has 3 unspecified atom stereocenters. The highest BCUT2D eigenvalue weighted by atomic mass is 15.0. The predicted molar refractivity (Wildman–Crippen MR) is 123 cm³/mol. The van der Waals surface area contributed by atoms with E-state index in [1.165, 1.54) is 42.4 Å². The van der Waals surface area contributed by atoms with Crippen LogP contribution in [0, 0.1) is 11.8 Å². The van der Waals surface area contributed by atoms with E-state index in [9.17, 15) is 0 Å². The van der Waals surface area contributed by atoms with E-state index in [1.807, 2.05) is 0 Å². The summed E-state index contributed by atoms with van der Waals surface area (Å²) >= 11 is 0. The van der Waals surface area contributed by atoms with Crippen molar-refractivity contribution in [3.63, 3.8) is 0 Å². The van der Waals surface area contributed by atoms with Crippen LogP contribution in [-0.2, 0) is 5.54 Å². The van der Waals surface area contributed by atoms with Gasteiger partial charge in [0, 0.05) is 6.04 Å². The average Bonchev–Trinajstić information content (AvgIpc) is 3.12. The zero-order valence-corrected chi connectivity index (χ0v) is 17.7. The molecule has 0 aliphatic heterocycles. The molecule has 29 heavy (non-hydrogen) atoms. The van der Waals surface area contributed by atoms with Crippen LogP contribution in [0.3, 0.4) is 0 Å². The number of hydrogen-bond donors (Lipinski definition) is 1. The molecule has 0 radical (unpaired) electrons. The van der Waals surface area contributed by atoms with Crippen LogP contribution in [0.15, 0.2) is 91.0 Å². The minimum absolute atomic E-state index is 0.343. The van der Waals surface area contributed by atoms with Gasteiger partial charge in [-0.2, -0.15) is 0 Å². The average molecular weight is 384 g/mol. The molecule has 1 fully saturated rings. The molecule has 1 N–H and O–H groups in total. The van der Waals surface area contributed by atoms with Gasteiger partial charge in [0.15, 0.2) is 0 Å². The molecule has 0 heterocycles. The van der Waals surface area contributed by atoms with Crippen molar-refractivity contribution in [1.82, 2.24) is 5.32 Å². The van der Waals surface area contributed by atoms with Crippen LogP contribution in [0.2, 0.25) is 0 Å². The lowest BCUT2D eigenvalue weighted by Crippen LogP contribution is -2.51. The molecular weight excluding hydrogens is 350 g/mol. The van der Waals surface area contributed by atoms with Crippen LogP contribution in [0.25, 0.3) is 0 Å². The Morgan fingerprint density at radius 1 is 0.724 bits per heavy atom. The van der Waals surface area contributed by atoms with Gasteiger partial charge in [-0.25, -0.2) is 0 Å². The van der Waals surface area contributed by atoms with E-state index in [0.29, 0.717) is 6.04 Å². The molecule has 0 spiro atoms. The Balaban J connectivity index is 1.88. The normalized spacial score (nSPS) is 21.9. The lowest BCUT2D eigenvalue weighted by molar-refractivity contribution is 0.314. The highest BCUT2D eigenvalue weighted by molar-refractivity contribution is 5.49. The number of hydrogen-bond acceptors (Lipinski definition) is 1. The Hall–Kier alpha value is -2.38. The first-order chi connectivity index (χ1) is 14.2. The maximum atomic E-state index is 4.24. The van der Waals surface area contributed by atoms with E-state index in [1.54, 1.807) is 0 Å². The summed E-state index contributed by atoms with van der Waals surface area (Å²) in [4.78, 5) is 0. The number of nitrogens with one attached hydrogen (secondary N) is 1. The zero-order valence-electron chi connectivity index (χ0n) is 17.7. The summed E-state index contributed by atoms with van der Waals surface area (Å²) < 4.78 is 0. The topological polar surface area (TPSA) is 12.0 Å². The van der Waals surface area contributed by atoms with Crippen LogP contribution in [0.4, 0.5) is 0 Å². The molecule has 1 aliphatic rings. The fourth-order valence-electron chi connectivity index (χ4n) is 5.36. The Kier molecular flexibility index (Phi) is 6.16. The molecule has 0 aromatic heterocycles. The highest BCUT2D eigenvalue weighted by Crippen LogP contribution is 2.42. The van der Waals surface area contributed by atoms with Crippen molar-refractivity contribution >= 4 is 0 Å². The van der Waals surface area contributed by atoms with Crippen LogP contribution in [-0.4, -0.2) is 6.04 Å². The van der Waals surface area contributed by atoms with Gasteiger partial charge in [-0.3, -0.25) is 5.32 Å². The van der Waals surface area contributed by atoms with Crippen molar-refractivity contribution in [2.24, 2.45) is 11.8 Å². The van der Waals surface area contributed by atoms with Crippen molar-refractivity contribution in [3.05, 3.63) is 108 Å². The molecule has 3 atom stereocenters. The van der Waals surface area contributed by atoms with Gasteiger partial charge < -0.3 is 0 Å². The third-order valence-electron chi connectivity index (χ3n) is 6.61. The summed E-state index contributed by atoms with van der Waals surface area (Å²) in [6.45, 7) is 4.73. The summed E-state index contributed by atoms with van der Waals surface area (Å²) in [5.74, 6) is 1.52. The van der Waals surface area contributed by atoms with E-state index >= 15 is 0 Å². The highest BCUT2D eigenvalue weighted by Gasteiger charge is 2.42. The van der Waals surface area contributed by atoms with Crippen molar-refractivity contribution < 1.29 is 0 Å². The van der Waals surface area contributed by atoms with E-state index in [2.05, 4.69) is 110 Å². The maximum absolute atomic E-state index is 4.24. The molecule has 1 heteroatoms. The summed E-state index contributed by atoms with van der Waals surface area (Å²) in [6.07, 6.45) is 5.14. The third kappa shape index (κ3) is 4.02. The second-order valence-corrected chi connectivity index (χ2v) is 8.72. The molecule has 3 aromatic carbocycles. The Morgan fingerprint density at radius 2 is 1.17 bits per heavy atom. The third-order valence-corrected chi connectivity index (χ3v) is 6.61. The second-order valence-electron chi connectivity index (χ2n) is 8.72.